The first-order valence-corrected chi connectivity index (χ1v) is 15.4. The molecule has 0 radical (unpaired) electrons. The summed E-state index contributed by atoms with van der Waals surface area (Å²) in [7, 11) is -0.333. The van der Waals surface area contributed by atoms with Gasteiger partial charge in [0.1, 0.15) is 28.7 Å². The zero-order valence-corrected chi connectivity index (χ0v) is 25.7. The normalized spacial score (nSPS) is 16.0. The summed E-state index contributed by atoms with van der Waals surface area (Å²) < 4.78 is 15.4. The van der Waals surface area contributed by atoms with Crippen molar-refractivity contribution in [1.82, 2.24) is 14.4 Å². The lowest BCUT2D eigenvalue weighted by molar-refractivity contribution is 0.288. The zero-order chi connectivity index (χ0) is 30.5. The first kappa shape index (κ1) is 26.1. The van der Waals surface area contributed by atoms with E-state index in [9.17, 15) is 0 Å². The highest BCUT2D eigenvalue weighted by Gasteiger charge is 2.46. The van der Waals surface area contributed by atoms with Gasteiger partial charge in [-0.2, -0.15) is 0 Å². The smallest absolute Gasteiger partial charge is 0.525 e. The minimum Gasteiger partial charge on any atom is -0.536 e. The van der Waals surface area contributed by atoms with Gasteiger partial charge in [0.25, 0.3) is 0 Å². The van der Waals surface area contributed by atoms with Crippen molar-refractivity contribution in [2.24, 2.45) is 0 Å². The number of ether oxygens (including phenoxy) is 1. The zero-order valence-electron chi connectivity index (χ0n) is 25.7. The van der Waals surface area contributed by atoms with Gasteiger partial charge in [-0.1, -0.05) is 82.3 Å². The van der Waals surface area contributed by atoms with Crippen LogP contribution in [0.3, 0.4) is 0 Å². The van der Waals surface area contributed by atoms with Gasteiger partial charge < -0.3 is 14.2 Å². The quantitative estimate of drug-likeness (QED) is 0.153. The van der Waals surface area contributed by atoms with Gasteiger partial charge in [0, 0.05) is 45.8 Å². The summed E-state index contributed by atoms with van der Waals surface area (Å²) in [6.45, 7) is 9.36. The van der Waals surface area contributed by atoms with Gasteiger partial charge in [0.2, 0.25) is 0 Å². The molecule has 0 N–H and O–H groups in total. The molecule has 3 aromatic heterocycles. The van der Waals surface area contributed by atoms with E-state index in [1.165, 1.54) is 27.5 Å². The number of benzene rings is 4. The van der Waals surface area contributed by atoms with Crippen molar-refractivity contribution in [3.63, 3.8) is 0 Å². The Kier molecular flexibility index (Phi) is 5.29. The molecule has 2 aliphatic rings. The average Bonchev–Trinajstić information content (AvgIpc) is 3.68. The van der Waals surface area contributed by atoms with Crippen molar-refractivity contribution in [2.45, 2.75) is 38.5 Å². The molecule has 218 valence electrons. The highest BCUT2D eigenvalue weighted by Crippen LogP contribution is 2.51. The highest BCUT2D eigenvalue weighted by molar-refractivity contribution is 6.74. The molecule has 0 spiro atoms. The molecule has 0 fully saturated rings. The van der Waals surface area contributed by atoms with Crippen molar-refractivity contribution in [3.8, 4) is 17.2 Å². The monoisotopic (exact) mass is 586 g/mol. The largest absolute Gasteiger partial charge is 0.536 e. The van der Waals surface area contributed by atoms with E-state index in [2.05, 4.69) is 96.6 Å². The number of imidazole rings is 1. The second-order valence-electron chi connectivity index (χ2n) is 13.1. The van der Waals surface area contributed by atoms with Gasteiger partial charge in [0.05, 0.1) is 11.2 Å². The van der Waals surface area contributed by atoms with Crippen LogP contribution in [-0.4, -0.2) is 21.4 Å². The van der Waals surface area contributed by atoms with Gasteiger partial charge in [0.15, 0.2) is 0 Å². The van der Waals surface area contributed by atoms with Crippen molar-refractivity contribution in [2.75, 3.05) is 4.81 Å². The number of para-hydroxylation sites is 1. The minimum atomic E-state index is -0.333. The summed E-state index contributed by atoms with van der Waals surface area (Å²) in [5.41, 5.74) is 6.62. The third-order valence-electron chi connectivity index (χ3n) is 10.3. The van der Waals surface area contributed by atoms with Crippen LogP contribution in [0.1, 0.15) is 39.0 Å². The van der Waals surface area contributed by atoms with Crippen LogP contribution in [0, 0.1) is 0 Å². The van der Waals surface area contributed by atoms with E-state index in [0.717, 1.165) is 45.2 Å². The number of rotatable bonds is 4. The summed E-state index contributed by atoms with van der Waals surface area (Å²) >= 11 is 0. The Labute approximate surface area is 262 Å². The lowest BCUT2D eigenvalue weighted by Crippen LogP contribution is -2.47. The molecule has 0 amide bonds. The van der Waals surface area contributed by atoms with E-state index in [1.54, 1.807) is 6.20 Å². The Balaban J connectivity index is 1.16. The van der Waals surface area contributed by atoms with Crippen molar-refractivity contribution in [3.05, 3.63) is 127 Å². The topological polar surface area (TPSA) is 51.9 Å². The standard InChI is InChI=1S/C38H31BN4O2/c1-37(2)30-14-10-13-28-27-18-16-25(21-29(27)36-41-23-33(38(37,3)4)42(36)35(28)30)44-26-17-19-32-31(22-26)43(34-15-8-9-20-40-34)39(45-32)24-11-6-5-7-12-24/h5-23H,1-4H3. The number of fused-ring (bicyclic) bond motifs is 4. The Morgan fingerprint density at radius 3 is 2.33 bits per heavy atom. The number of hydrogen-bond donors (Lipinski definition) is 0. The van der Waals surface area contributed by atoms with Crippen LogP contribution >= 0.6 is 0 Å². The molecule has 7 aromatic rings. The molecule has 4 aromatic carbocycles. The fourth-order valence-corrected chi connectivity index (χ4v) is 7.24. The Hall–Kier alpha value is -5.30. The molecule has 0 unspecified atom stereocenters. The minimum absolute atomic E-state index is 0.0494. The molecule has 6 nitrogen and oxygen atoms in total. The van der Waals surface area contributed by atoms with Crippen LogP contribution in [0.15, 0.2) is 116 Å². The molecule has 0 saturated carbocycles. The van der Waals surface area contributed by atoms with Crippen molar-refractivity contribution < 1.29 is 9.39 Å². The maximum absolute atomic E-state index is 6.58. The molecular weight excluding hydrogens is 555 g/mol. The maximum Gasteiger partial charge on any atom is 0.525 e. The van der Waals surface area contributed by atoms with E-state index >= 15 is 0 Å². The average molecular weight is 587 g/mol. The maximum atomic E-state index is 6.58. The molecule has 0 bridgehead atoms. The van der Waals surface area contributed by atoms with E-state index in [4.69, 9.17) is 14.4 Å². The molecule has 7 heteroatoms. The van der Waals surface area contributed by atoms with Gasteiger partial charge >= 0.3 is 7.05 Å². The highest BCUT2D eigenvalue weighted by atomic mass is 16.5. The molecule has 9 rings (SSSR count). The van der Waals surface area contributed by atoms with E-state index in [-0.39, 0.29) is 17.9 Å². The second-order valence-corrected chi connectivity index (χ2v) is 13.1. The first-order valence-electron chi connectivity index (χ1n) is 15.4. The SMILES string of the molecule is CC1(C)c2cccc3c4ccc(Oc5ccc6c(c5)N(c5ccccn5)B(c5ccccc5)O6)cc4c4ncc(n4c23)C1(C)C. The third kappa shape index (κ3) is 3.58. The number of pyridine rings is 2. The van der Waals surface area contributed by atoms with Crippen LogP contribution in [-0.2, 0) is 10.8 Å². The molecule has 0 atom stereocenters. The van der Waals surface area contributed by atoms with Gasteiger partial charge in [-0.05, 0) is 58.9 Å². The summed E-state index contributed by atoms with van der Waals surface area (Å²) in [6, 6.07) is 35.2. The molecule has 0 saturated heterocycles. The Morgan fingerprint density at radius 1 is 0.711 bits per heavy atom. The molecule has 5 heterocycles. The second kappa shape index (κ2) is 9.11. The lowest BCUT2D eigenvalue weighted by atomic mass is 9.61. The lowest BCUT2D eigenvalue weighted by Gasteiger charge is -2.45. The van der Waals surface area contributed by atoms with Crippen LogP contribution in [0.2, 0.25) is 0 Å². The van der Waals surface area contributed by atoms with Gasteiger partial charge in [-0.25, -0.2) is 9.97 Å². The van der Waals surface area contributed by atoms with Gasteiger partial charge in [-0.3, -0.25) is 4.40 Å². The van der Waals surface area contributed by atoms with E-state index in [1.807, 2.05) is 54.6 Å². The predicted molar refractivity (Wildman–Crippen MR) is 182 cm³/mol. The van der Waals surface area contributed by atoms with Crippen LogP contribution in [0.5, 0.6) is 17.2 Å². The number of anilines is 2. The van der Waals surface area contributed by atoms with Gasteiger partial charge in [-0.15, -0.1) is 0 Å². The fourth-order valence-electron chi connectivity index (χ4n) is 7.24. The summed E-state index contributed by atoms with van der Waals surface area (Å²) in [5, 5.41) is 3.48. The first-order chi connectivity index (χ1) is 21.8. The van der Waals surface area contributed by atoms with Crippen LogP contribution < -0.4 is 19.7 Å². The summed E-state index contributed by atoms with van der Waals surface area (Å²) in [6.07, 6.45) is 3.87. The molecule has 2 aliphatic heterocycles. The van der Waals surface area contributed by atoms with Crippen LogP contribution in [0.25, 0.3) is 27.3 Å². The van der Waals surface area contributed by atoms with Crippen molar-refractivity contribution in [1.29, 1.82) is 0 Å². The number of nitrogens with zero attached hydrogens (tertiary/aromatic N) is 4. The van der Waals surface area contributed by atoms with Crippen molar-refractivity contribution >= 4 is 51.3 Å². The predicted octanol–water partition coefficient (Wildman–Crippen LogP) is 8.32. The van der Waals surface area contributed by atoms with E-state index in [0.29, 0.717) is 0 Å². The van der Waals surface area contributed by atoms with E-state index < -0.39 is 0 Å². The molecule has 0 aliphatic carbocycles. The van der Waals surface area contributed by atoms with Crippen LogP contribution in [0.4, 0.5) is 11.5 Å². The molecule has 45 heavy (non-hydrogen) atoms. The number of hydrogen-bond acceptors (Lipinski definition) is 5. The molecular formula is C38H31BN4O2. The summed E-state index contributed by atoms with van der Waals surface area (Å²) in [5.74, 6) is 3.07. The Morgan fingerprint density at radius 2 is 1.51 bits per heavy atom. The number of aromatic nitrogens is 3. The third-order valence-corrected chi connectivity index (χ3v) is 10.3. The Bertz CT molecular complexity index is 2300. The summed E-state index contributed by atoms with van der Waals surface area (Å²) in [4.78, 5) is 11.8. The fraction of sp³-hybridized carbons (Fsp3) is 0.158.